The molecule has 1 aromatic carbocycles. The zero-order valence-corrected chi connectivity index (χ0v) is 6.16. The topological polar surface area (TPSA) is 33.4 Å². The molecule has 0 spiro atoms. The molecule has 56 valence electrons. The summed E-state index contributed by atoms with van der Waals surface area (Å²) in [6.07, 6.45) is 1.57. The maximum Gasteiger partial charge on any atom is 0.137 e. The lowest BCUT2D eigenvalue weighted by Gasteiger charge is -1.95. The fourth-order valence-corrected chi connectivity index (χ4v) is 1.19. The fourth-order valence-electron chi connectivity index (χ4n) is 1.19. The Bertz CT molecular complexity index is 387. The van der Waals surface area contributed by atoms with Gasteiger partial charge >= 0.3 is 0 Å². The molecule has 0 saturated carbocycles. The number of hydrogen-bond acceptors (Lipinski definition) is 2. The van der Waals surface area contributed by atoms with E-state index >= 15 is 0 Å². The summed E-state index contributed by atoms with van der Waals surface area (Å²) in [5.74, 6) is 0.286. The Kier molecular flexibility index (Phi) is 1.15. The number of hydrogen-bond donors (Lipinski definition) is 1. The van der Waals surface area contributed by atoms with Crippen LogP contribution in [0.1, 0.15) is 5.56 Å². The molecule has 0 amide bonds. The fraction of sp³-hybridized carbons (Fsp3) is 0.111. The predicted octanol–water partition coefficient (Wildman–Crippen LogP) is 2.45. The van der Waals surface area contributed by atoms with Crippen LogP contribution in [-0.4, -0.2) is 5.11 Å². The number of aryl methyl sites for hydroxylation is 1. The molecule has 0 unspecified atom stereocenters. The molecule has 1 heterocycles. The SMILES string of the molecule is Cc1cc(O)c2ccoc2c1. The Labute approximate surface area is 64.1 Å². The third-order valence-corrected chi connectivity index (χ3v) is 1.69. The van der Waals surface area contributed by atoms with Crippen molar-refractivity contribution in [3.63, 3.8) is 0 Å². The van der Waals surface area contributed by atoms with E-state index in [9.17, 15) is 5.11 Å². The third-order valence-electron chi connectivity index (χ3n) is 1.69. The summed E-state index contributed by atoms with van der Waals surface area (Å²) in [6.45, 7) is 1.92. The first kappa shape index (κ1) is 6.28. The maximum absolute atomic E-state index is 9.38. The highest BCUT2D eigenvalue weighted by Gasteiger charge is 2.01. The van der Waals surface area contributed by atoms with Crippen LogP contribution in [0.3, 0.4) is 0 Å². The molecular weight excluding hydrogens is 140 g/mol. The van der Waals surface area contributed by atoms with Gasteiger partial charge in [0, 0.05) is 0 Å². The van der Waals surface area contributed by atoms with Gasteiger partial charge in [-0.2, -0.15) is 0 Å². The van der Waals surface area contributed by atoms with Crippen LogP contribution in [0.25, 0.3) is 11.0 Å². The van der Waals surface area contributed by atoms with Gasteiger partial charge in [-0.15, -0.1) is 0 Å². The summed E-state index contributed by atoms with van der Waals surface area (Å²) >= 11 is 0. The minimum absolute atomic E-state index is 0.286. The Hall–Kier alpha value is -1.44. The minimum Gasteiger partial charge on any atom is -0.507 e. The van der Waals surface area contributed by atoms with Gasteiger partial charge in [0.25, 0.3) is 0 Å². The first-order valence-electron chi connectivity index (χ1n) is 3.44. The molecule has 0 saturated heterocycles. The van der Waals surface area contributed by atoms with Gasteiger partial charge in [-0.1, -0.05) is 0 Å². The number of fused-ring (bicyclic) bond motifs is 1. The van der Waals surface area contributed by atoms with E-state index in [2.05, 4.69) is 0 Å². The van der Waals surface area contributed by atoms with Crippen molar-refractivity contribution in [3.8, 4) is 5.75 Å². The van der Waals surface area contributed by atoms with Gasteiger partial charge in [0.1, 0.15) is 11.3 Å². The monoisotopic (exact) mass is 148 g/mol. The molecule has 1 N–H and O–H groups in total. The highest BCUT2D eigenvalue weighted by Crippen LogP contribution is 2.26. The van der Waals surface area contributed by atoms with Crippen molar-refractivity contribution >= 4 is 11.0 Å². The molecule has 0 atom stereocenters. The van der Waals surface area contributed by atoms with Crippen LogP contribution in [0, 0.1) is 6.92 Å². The summed E-state index contributed by atoms with van der Waals surface area (Å²) in [5.41, 5.74) is 1.74. The van der Waals surface area contributed by atoms with Crippen molar-refractivity contribution in [1.82, 2.24) is 0 Å². The van der Waals surface area contributed by atoms with E-state index in [1.54, 1.807) is 18.4 Å². The number of aromatic hydroxyl groups is 1. The second kappa shape index (κ2) is 2.02. The van der Waals surface area contributed by atoms with Crippen molar-refractivity contribution in [2.75, 3.05) is 0 Å². The Morgan fingerprint density at radius 1 is 1.36 bits per heavy atom. The van der Waals surface area contributed by atoms with E-state index < -0.39 is 0 Å². The molecule has 1 aromatic heterocycles. The van der Waals surface area contributed by atoms with Gasteiger partial charge in [-0.05, 0) is 30.7 Å². The quantitative estimate of drug-likeness (QED) is 0.622. The van der Waals surface area contributed by atoms with E-state index in [-0.39, 0.29) is 5.75 Å². The minimum atomic E-state index is 0.286. The average Bonchev–Trinajstić information content (AvgIpc) is 2.34. The van der Waals surface area contributed by atoms with E-state index in [1.807, 2.05) is 13.0 Å². The van der Waals surface area contributed by atoms with E-state index in [0.717, 1.165) is 16.5 Å². The van der Waals surface area contributed by atoms with Gasteiger partial charge in [0.15, 0.2) is 0 Å². The molecule has 0 radical (unpaired) electrons. The number of phenols is 1. The molecule has 11 heavy (non-hydrogen) atoms. The van der Waals surface area contributed by atoms with Crippen molar-refractivity contribution in [1.29, 1.82) is 0 Å². The van der Waals surface area contributed by atoms with Gasteiger partial charge in [-0.25, -0.2) is 0 Å². The number of phenolic OH excluding ortho intramolecular Hbond substituents is 1. The van der Waals surface area contributed by atoms with Crippen molar-refractivity contribution < 1.29 is 9.52 Å². The van der Waals surface area contributed by atoms with Crippen LogP contribution >= 0.6 is 0 Å². The first-order valence-corrected chi connectivity index (χ1v) is 3.44. The van der Waals surface area contributed by atoms with Gasteiger partial charge in [0.2, 0.25) is 0 Å². The first-order chi connectivity index (χ1) is 5.27. The molecule has 2 heteroatoms. The normalized spacial score (nSPS) is 10.6. The molecule has 0 bridgehead atoms. The number of benzene rings is 1. The van der Waals surface area contributed by atoms with E-state index in [4.69, 9.17) is 4.42 Å². The average molecular weight is 148 g/mol. The van der Waals surface area contributed by atoms with Crippen molar-refractivity contribution in [2.24, 2.45) is 0 Å². The molecule has 0 fully saturated rings. The van der Waals surface area contributed by atoms with Gasteiger partial charge < -0.3 is 9.52 Å². The molecule has 0 aliphatic carbocycles. The maximum atomic E-state index is 9.38. The van der Waals surface area contributed by atoms with Crippen LogP contribution in [0.15, 0.2) is 28.9 Å². The van der Waals surface area contributed by atoms with E-state index in [1.165, 1.54) is 0 Å². The standard InChI is InChI=1S/C9H8O2/c1-6-4-8(10)7-2-3-11-9(7)5-6/h2-5,10H,1H3. The third kappa shape index (κ3) is 0.871. The summed E-state index contributed by atoms with van der Waals surface area (Å²) in [5, 5.41) is 10.2. The zero-order chi connectivity index (χ0) is 7.84. The van der Waals surface area contributed by atoms with E-state index in [0.29, 0.717) is 0 Å². The molecule has 2 nitrogen and oxygen atoms in total. The Balaban J connectivity index is 2.91. The lowest BCUT2D eigenvalue weighted by atomic mass is 10.2. The van der Waals surface area contributed by atoms with Crippen LogP contribution < -0.4 is 0 Å². The molecule has 0 aliphatic rings. The zero-order valence-electron chi connectivity index (χ0n) is 6.16. The lowest BCUT2D eigenvalue weighted by molar-refractivity contribution is 0.481. The van der Waals surface area contributed by atoms with Crippen molar-refractivity contribution in [2.45, 2.75) is 6.92 Å². The highest BCUT2D eigenvalue weighted by molar-refractivity contribution is 5.84. The number of furan rings is 1. The summed E-state index contributed by atoms with van der Waals surface area (Å²) < 4.78 is 5.12. The second-order valence-electron chi connectivity index (χ2n) is 2.62. The molecular formula is C9H8O2. The van der Waals surface area contributed by atoms with Crippen LogP contribution in [0.2, 0.25) is 0 Å². The van der Waals surface area contributed by atoms with Gasteiger partial charge in [0.05, 0.1) is 11.6 Å². The van der Waals surface area contributed by atoms with Crippen molar-refractivity contribution in [3.05, 3.63) is 30.0 Å². The Morgan fingerprint density at radius 2 is 2.18 bits per heavy atom. The smallest absolute Gasteiger partial charge is 0.137 e. The number of rotatable bonds is 0. The summed E-state index contributed by atoms with van der Waals surface area (Å²) in [4.78, 5) is 0. The lowest BCUT2D eigenvalue weighted by Crippen LogP contribution is -1.71. The predicted molar refractivity (Wildman–Crippen MR) is 42.6 cm³/mol. The summed E-state index contributed by atoms with van der Waals surface area (Å²) in [6, 6.07) is 5.37. The van der Waals surface area contributed by atoms with Crippen LogP contribution in [0.4, 0.5) is 0 Å². The molecule has 2 rings (SSSR count). The Morgan fingerprint density at radius 3 is 3.00 bits per heavy atom. The second-order valence-corrected chi connectivity index (χ2v) is 2.62. The summed E-state index contributed by atoms with van der Waals surface area (Å²) in [7, 11) is 0. The van der Waals surface area contributed by atoms with Crippen LogP contribution in [-0.2, 0) is 0 Å². The van der Waals surface area contributed by atoms with Gasteiger partial charge in [-0.3, -0.25) is 0 Å². The van der Waals surface area contributed by atoms with Crippen LogP contribution in [0.5, 0.6) is 5.75 Å². The highest BCUT2D eigenvalue weighted by atomic mass is 16.3. The molecule has 0 aliphatic heterocycles. The molecule has 2 aromatic rings. The largest absolute Gasteiger partial charge is 0.507 e.